The van der Waals surface area contributed by atoms with Gasteiger partial charge in [-0.05, 0) is 36.8 Å². The van der Waals surface area contributed by atoms with Crippen molar-refractivity contribution in [3.05, 3.63) is 102 Å². The predicted octanol–water partition coefficient (Wildman–Crippen LogP) is 4.03. The van der Waals surface area contributed by atoms with E-state index < -0.39 is 12.3 Å². The molecule has 2 aliphatic heterocycles. The number of carbonyl (C=O) groups is 1. The van der Waals surface area contributed by atoms with Gasteiger partial charge in [0.2, 0.25) is 5.91 Å². The highest BCUT2D eigenvalue weighted by Gasteiger charge is 2.36. The topological polar surface area (TPSA) is 106 Å². The number of hydrogen-bond acceptors (Lipinski definition) is 7. The number of rotatable bonds is 8. The standard InChI is InChI=1S/C33H36N6O3/c1-23-7-9-25(10-8-23)33-28(22-38(36-33)27-5-3-2-4-6-27)30-21-29(35-39(30)31(40)15-16-32(41)42)24-11-13-26(14-12-24)37-19-17-34-18-20-37/h2-14,22,30,32,34,41-42H,15-21H2,1H3. The summed E-state index contributed by atoms with van der Waals surface area (Å²) in [5, 5.41) is 33.7. The van der Waals surface area contributed by atoms with Crippen molar-refractivity contribution in [3.63, 3.8) is 0 Å². The number of aryl methyl sites for hydroxylation is 1. The first-order valence-corrected chi connectivity index (χ1v) is 14.5. The summed E-state index contributed by atoms with van der Waals surface area (Å²) in [6.45, 7) is 5.92. The summed E-state index contributed by atoms with van der Waals surface area (Å²) < 4.78 is 1.85. The minimum atomic E-state index is -1.56. The Labute approximate surface area is 245 Å². The van der Waals surface area contributed by atoms with Crippen molar-refractivity contribution in [2.75, 3.05) is 31.1 Å². The third kappa shape index (κ3) is 5.99. The molecular weight excluding hydrogens is 528 g/mol. The number of aliphatic hydroxyl groups is 2. The molecule has 1 amide bonds. The van der Waals surface area contributed by atoms with Crippen LogP contribution < -0.4 is 10.2 Å². The summed E-state index contributed by atoms with van der Waals surface area (Å²) in [6, 6.07) is 26.1. The number of aliphatic hydroxyl groups excluding tert-OH is 1. The molecule has 0 radical (unpaired) electrons. The van der Waals surface area contributed by atoms with Crippen molar-refractivity contribution in [2.45, 2.75) is 38.5 Å². The number of nitrogens with one attached hydrogen (secondary N) is 1. The number of piperazine rings is 1. The summed E-state index contributed by atoms with van der Waals surface area (Å²) in [4.78, 5) is 15.9. The second-order valence-corrected chi connectivity index (χ2v) is 10.9. The van der Waals surface area contributed by atoms with E-state index in [1.807, 2.05) is 48.1 Å². The lowest BCUT2D eigenvalue weighted by molar-refractivity contribution is -0.135. The fraction of sp³-hybridized carbons (Fsp3) is 0.303. The maximum absolute atomic E-state index is 13.5. The zero-order valence-corrected chi connectivity index (χ0v) is 23.7. The van der Waals surface area contributed by atoms with E-state index in [-0.39, 0.29) is 18.7 Å². The first-order valence-electron chi connectivity index (χ1n) is 14.5. The minimum absolute atomic E-state index is 0.0282. The number of benzene rings is 3. The highest BCUT2D eigenvalue weighted by atomic mass is 16.5. The second-order valence-electron chi connectivity index (χ2n) is 10.9. The number of anilines is 1. The molecule has 1 saturated heterocycles. The van der Waals surface area contributed by atoms with E-state index in [1.54, 1.807) is 0 Å². The SMILES string of the molecule is Cc1ccc(-c2nn(-c3ccccc3)cc2C2CC(c3ccc(N4CCNCC4)cc3)=NN2C(=O)CCC(O)O)cc1. The number of nitrogens with zero attached hydrogens (tertiary/aromatic N) is 5. The molecule has 4 aromatic rings. The summed E-state index contributed by atoms with van der Waals surface area (Å²) in [7, 11) is 0. The molecule has 3 aromatic carbocycles. The number of carbonyl (C=O) groups excluding carboxylic acids is 1. The minimum Gasteiger partial charge on any atom is -0.369 e. The van der Waals surface area contributed by atoms with Crippen LogP contribution in [-0.2, 0) is 4.79 Å². The number of hydrogen-bond donors (Lipinski definition) is 3. The molecule has 3 heterocycles. The highest BCUT2D eigenvalue weighted by Crippen LogP contribution is 2.39. The number of aromatic nitrogens is 2. The Balaban J connectivity index is 1.37. The Hall–Kier alpha value is -4.31. The summed E-state index contributed by atoms with van der Waals surface area (Å²) in [5.41, 5.74) is 7.64. The number of amides is 1. The molecule has 42 heavy (non-hydrogen) atoms. The molecule has 216 valence electrons. The van der Waals surface area contributed by atoms with Crippen LogP contribution in [0, 0.1) is 6.92 Å². The molecule has 1 atom stereocenters. The largest absolute Gasteiger partial charge is 0.369 e. The van der Waals surface area contributed by atoms with Gasteiger partial charge in [0.25, 0.3) is 0 Å². The fourth-order valence-electron chi connectivity index (χ4n) is 5.59. The van der Waals surface area contributed by atoms with E-state index in [1.165, 1.54) is 10.7 Å². The van der Waals surface area contributed by atoms with Crippen molar-refractivity contribution in [2.24, 2.45) is 5.10 Å². The Morgan fingerprint density at radius 3 is 2.31 bits per heavy atom. The van der Waals surface area contributed by atoms with Crippen LogP contribution in [0.3, 0.4) is 0 Å². The molecule has 0 bridgehead atoms. The molecule has 0 spiro atoms. The lowest BCUT2D eigenvalue weighted by atomic mass is 9.96. The van der Waals surface area contributed by atoms with Crippen LogP contribution in [0.25, 0.3) is 16.9 Å². The van der Waals surface area contributed by atoms with Gasteiger partial charge in [0, 0.05) is 68.5 Å². The van der Waals surface area contributed by atoms with Gasteiger partial charge >= 0.3 is 0 Å². The Kier molecular flexibility index (Phi) is 8.14. The van der Waals surface area contributed by atoms with Gasteiger partial charge in [0.05, 0.1) is 23.1 Å². The molecule has 1 aromatic heterocycles. The van der Waals surface area contributed by atoms with Crippen molar-refractivity contribution in [3.8, 4) is 16.9 Å². The van der Waals surface area contributed by atoms with Crippen LogP contribution in [-0.4, -0.2) is 69.1 Å². The average Bonchev–Trinajstić information content (AvgIpc) is 3.67. The lowest BCUT2D eigenvalue weighted by Gasteiger charge is -2.29. The third-order valence-corrected chi connectivity index (χ3v) is 7.91. The summed E-state index contributed by atoms with van der Waals surface area (Å²) in [5.74, 6) is -0.261. The van der Waals surface area contributed by atoms with Crippen molar-refractivity contribution >= 4 is 17.3 Å². The normalized spacial score (nSPS) is 17.1. The molecule has 3 N–H and O–H groups in total. The quantitative estimate of drug-likeness (QED) is 0.279. The molecule has 9 nitrogen and oxygen atoms in total. The molecule has 0 saturated carbocycles. The lowest BCUT2D eigenvalue weighted by Crippen LogP contribution is -2.43. The zero-order valence-electron chi connectivity index (χ0n) is 23.7. The van der Waals surface area contributed by atoms with Crippen LogP contribution in [0.1, 0.15) is 42.0 Å². The Bertz CT molecular complexity index is 1540. The predicted molar refractivity (Wildman–Crippen MR) is 163 cm³/mol. The summed E-state index contributed by atoms with van der Waals surface area (Å²) in [6.07, 6.45) is 0.863. The van der Waals surface area contributed by atoms with Crippen molar-refractivity contribution in [1.82, 2.24) is 20.1 Å². The van der Waals surface area contributed by atoms with Gasteiger partial charge in [-0.15, -0.1) is 0 Å². The van der Waals surface area contributed by atoms with E-state index in [9.17, 15) is 15.0 Å². The van der Waals surface area contributed by atoms with E-state index in [2.05, 4.69) is 58.7 Å². The Morgan fingerprint density at radius 1 is 0.929 bits per heavy atom. The zero-order chi connectivity index (χ0) is 29.1. The molecular formula is C33H36N6O3. The molecule has 2 aliphatic rings. The first-order chi connectivity index (χ1) is 20.5. The number of hydrazone groups is 1. The van der Waals surface area contributed by atoms with Gasteiger partial charge in [0.1, 0.15) is 0 Å². The van der Waals surface area contributed by atoms with E-state index in [0.717, 1.165) is 65.5 Å². The average molecular weight is 565 g/mol. The third-order valence-electron chi connectivity index (χ3n) is 7.91. The van der Waals surface area contributed by atoms with Gasteiger partial charge in [-0.3, -0.25) is 4.79 Å². The molecule has 1 unspecified atom stereocenters. The van der Waals surface area contributed by atoms with Crippen LogP contribution in [0.2, 0.25) is 0 Å². The molecule has 1 fully saturated rings. The Morgan fingerprint density at radius 2 is 1.62 bits per heavy atom. The van der Waals surface area contributed by atoms with E-state index >= 15 is 0 Å². The molecule has 0 aliphatic carbocycles. The van der Waals surface area contributed by atoms with E-state index in [0.29, 0.717) is 6.42 Å². The van der Waals surface area contributed by atoms with Crippen LogP contribution >= 0.6 is 0 Å². The van der Waals surface area contributed by atoms with Crippen LogP contribution in [0.15, 0.2) is 90.2 Å². The van der Waals surface area contributed by atoms with Crippen molar-refractivity contribution in [1.29, 1.82) is 0 Å². The van der Waals surface area contributed by atoms with Crippen LogP contribution in [0.4, 0.5) is 5.69 Å². The summed E-state index contributed by atoms with van der Waals surface area (Å²) >= 11 is 0. The smallest absolute Gasteiger partial charge is 0.243 e. The molecule has 6 rings (SSSR count). The first kappa shape index (κ1) is 27.8. The van der Waals surface area contributed by atoms with Gasteiger partial charge in [-0.2, -0.15) is 10.2 Å². The van der Waals surface area contributed by atoms with Gasteiger partial charge < -0.3 is 20.4 Å². The maximum atomic E-state index is 13.5. The van der Waals surface area contributed by atoms with Gasteiger partial charge in [0.15, 0.2) is 6.29 Å². The number of para-hydroxylation sites is 1. The van der Waals surface area contributed by atoms with E-state index in [4.69, 9.17) is 10.2 Å². The van der Waals surface area contributed by atoms with Gasteiger partial charge in [-0.1, -0.05) is 60.2 Å². The van der Waals surface area contributed by atoms with Crippen molar-refractivity contribution < 1.29 is 15.0 Å². The second kappa shape index (κ2) is 12.3. The van der Waals surface area contributed by atoms with Gasteiger partial charge in [-0.25, -0.2) is 9.69 Å². The maximum Gasteiger partial charge on any atom is 0.243 e. The molecule has 9 heteroatoms. The highest BCUT2D eigenvalue weighted by molar-refractivity contribution is 6.03. The monoisotopic (exact) mass is 564 g/mol. The van der Waals surface area contributed by atoms with Crippen LogP contribution in [0.5, 0.6) is 0 Å². The fourth-order valence-corrected chi connectivity index (χ4v) is 5.59.